The summed E-state index contributed by atoms with van der Waals surface area (Å²) in [6.45, 7) is 1.89. The van der Waals surface area contributed by atoms with Crippen molar-refractivity contribution in [1.82, 2.24) is 15.3 Å². The molecule has 1 amide bonds. The number of benzene rings is 1. The maximum Gasteiger partial charge on any atom is 0.230 e. The van der Waals surface area contributed by atoms with Gasteiger partial charge in [0, 0.05) is 17.3 Å². The van der Waals surface area contributed by atoms with Crippen LogP contribution in [-0.2, 0) is 14.6 Å². The Morgan fingerprint density at radius 3 is 2.72 bits per heavy atom. The van der Waals surface area contributed by atoms with Gasteiger partial charge in [0.2, 0.25) is 5.91 Å². The molecule has 3 rings (SSSR count). The first-order chi connectivity index (χ1) is 11.9. The van der Waals surface area contributed by atoms with Gasteiger partial charge in [-0.15, -0.1) is 0 Å². The SMILES string of the molecule is Cc1cc(-c2ccccc2)nc(SCC(=O)N[C@@H]2CCS(=O)(=O)C2)n1. The number of sulfone groups is 1. The standard InChI is InChI=1S/C17H19N3O3S2/c1-12-9-15(13-5-3-2-4-6-13)20-17(18-12)24-10-16(21)19-14-7-8-25(22,23)11-14/h2-6,9,14H,7-8,10-11H2,1H3,(H,19,21)/t14-/m1/s1. The largest absolute Gasteiger partial charge is 0.352 e. The molecule has 132 valence electrons. The van der Waals surface area contributed by atoms with Crippen molar-refractivity contribution in [3.63, 3.8) is 0 Å². The van der Waals surface area contributed by atoms with Crippen LogP contribution in [0.15, 0.2) is 41.6 Å². The average Bonchev–Trinajstić information content (AvgIpc) is 2.92. The molecule has 25 heavy (non-hydrogen) atoms. The minimum atomic E-state index is -3.00. The van der Waals surface area contributed by atoms with Crippen molar-refractivity contribution in [3.8, 4) is 11.3 Å². The van der Waals surface area contributed by atoms with Crippen LogP contribution >= 0.6 is 11.8 Å². The fourth-order valence-electron chi connectivity index (χ4n) is 2.67. The molecular formula is C17H19N3O3S2. The van der Waals surface area contributed by atoms with Crippen molar-refractivity contribution in [3.05, 3.63) is 42.1 Å². The highest BCUT2D eigenvalue weighted by atomic mass is 32.2. The molecule has 1 N–H and O–H groups in total. The van der Waals surface area contributed by atoms with Crippen molar-refractivity contribution in [2.75, 3.05) is 17.3 Å². The van der Waals surface area contributed by atoms with Gasteiger partial charge in [-0.1, -0.05) is 42.1 Å². The molecule has 8 heteroatoms. The van der Waals surface area contributed by atoms with Crippen molar-refractivity contribution < 1.29 is 13.2 Å². The summed E-state index contributed by atoms with van der Waals surface area (Å²) in [5.74, 6) is 0.141. The Morgan fingerprint density at radius 2 is 2.04 bits per heavy atom. The normalized spacial score (nSPS) is 18.8. The first kappa shape index (κ1) is 17.9. The van der Waals surface area contributed by atoms with E-state index in [-0.39, 0.29) is 29.2 Å². The third-order valence-corrected chi connectivity index (χ3v) is 6.45. The molecule has 1 saturated heterocycles. The maximum atomic E-state index is 12.0. The molecular weight excluding hydrogens is 358 g/mol. The van der Waals surface area contributed by atoms with Gasteiger partial charge in [0.05, 0.1) is 23.0 Å². The highest BCUT2D eigenvalue weighted by Gasteiger charge is 2.28. The van der Waals surface area contributed by atoms with E-state index < -0.39 is 9.84 Å². The van der Waals surface area contributed by atoms with Crippen LogP contribution in [0.4, 0.5) is 0 Å². The van der Waals surface area contributed by atoms with Crippen LogP contribution in [0, 0.1) is 6.92 Å². The molecule has 2 aromatic rings. The van der Waals surface area contributed by atoms with Gasteiger partial charge in [-0.3, -0.25) is 4.79 Å². The molecule has 1 aromatic heterocycles. The lowest BCUT2D eigenvalue weighted by atomic mass is 10.1. The second kappa shape index (κ2) is 7.53. The quantitative estimate of drug-likeness (QED) is 0.632. The Kier molecular flexibility index (Phi) is 5.39. The number of hydrogen-bond donors (Lipinski definition) is 1. The van der Waals surface area contributed by atoms with Gasteiger partial charge in [0.25, 0.3) is 0 Å². The zero-order valence-corrected chi connectivity index (χ0v) is 15.4. The van der Waals surface area contributed by atoms with Crippen LogP contribution in [0.1, 0.15) is 12.1 Å². The second-order valence-corrected chi connectivity index (χ2v) is 9.17. The highest BCUT2D eigenvalue weighted by Crippen LogP contribution is 2.21. The lowest BCUT2D eigenvalue weighted by molar-refractivity contribution is -0.119. The van der Waals surface area contributed by atoms with Crippen LogP contribution in [0.5, 0.6) is 0 Å². The molecule has 1 aliphatic heterocycles. The van der Waals surface area contributed by atoms with E-state index in [9.17, 15) is 13.2 Å². The molecule has 2 heterocycles. The first-order valence-electron chi connectivity index (χ1n) is 7.95. The molecule has 0 radical (unpaired) electrons. The van der Waals surface area contributed by atoms with E-state index in [1.165, 1.54) is 11.8 Å². The lowest BCUT2D eigenvalue weighted by Gasteiger charge is -2.10. The van der Waals surface area contributed by atoms with E-state index in [1.807, 2.05) is 43.3 Å². The number of rotatable bonds is 5. The maximum absolute atomic E-state index is 12.0. The molecule has 1 atom stereocenters. The number of thioether (sulfide) groups is 1. The number of carbonyl (C=O) groups excluding carboxylic acids is 1. The van der Waals surface area contributed by atoms with E-state index in [0.717, 1.165) is 17.0 Å². The van der Waals surface area contributed by atoms with Crippen molar-refractivity contribution in [2.24, 2.45) is 0 Å². The van der Waals surface area contributed by atoms with Gasteiger partial charge in [0.15, 0.2) is 15.0 Å². The van der Waals surface area contributed by atoms with Gasteiger partial charge < -0.3 is 5.32 Å². The van der Waals surface area contributed by atoms with Gasteiger partial charge >= 0.3 is 0 Å². The van der Waals surface area contributed by atoms with Gasteiger partial charge in [0.1, 0.15) is 0 Å². The topological polar surface area (TPSA) is 89.0 Å². The monoisotopic (exact) mass is 377 g/mol. The molecule has 1 aromatic carbocycles. The number of carbonyl (C=O) groups is 1. The molecule has 0 bridgehead atoms. The molecule has 6 nitrogen and oxygen atoms in total. The predicted molar refractivity (Wildman–Crippen MR) is 98.1 cm³/mol. The van der Waals surface area contributed by atoms with E-state index in [2.05, 4.69) is 15.3 Å². The van der Waals surface area contributed by atoms with E-state index in [4.69, 9.17) is 0 Å². The van der Waals surface area contributed by atoms with Crippen LogP contribution in [0.3, 0.4) is 0 Å². The number of amides is 1. The minimum Gasteiger partial charge on any atom is -0.352 e. The molecule has 0 unspecified atom stereocenters. The number of aromatic nitrogens is 2. The van der Waals surface area contributed by atoms with E-state index in [0.29, 0.717) is 11.6 Å². The van der Waals surface area contributed by atoms with E-state index in [1.54, 1.807) is 0 Å². The van der Waals surface area contributed by atoms with E-state index >= 15 is 0 Å². The van der Waals surface area contributed by atoms with Crippen LogP contribution in [0.2, 0.25) is 0 Å². The Labute approximate surface area is 151 Å². The highest BCUT2D eigenvalue weighted by molar-refractivity contribution is 7.99. The molecule has 0 aliphatic carbocycles. The molecule has 1 aliphatic rings. The third-order valence-electron chi connectivity index (χ3n) is 3.83. The summed E-state index contributed by atoms with van der Waals surface area (Å²) in [6.07, 6.45) is 0.484. The first-order valence-corrected chi connectivity index (χ1v) is 10.8. The number of nitrogens with one attached hydrogen (secondary N) is 1. The van der Waals surface area contributed by atoms with Crippen LogP contribution in [-0.4, -0.2) is 47.6 Å². The summed E-state index contributed by atoms with van der Waals surface area (Å²) in [7, 11) is -3.00. The predicted octanol–water partition coefficient (Wildman–Crippen LogP) is 1.85. The van der Waals surface area contributed by atoms with Gasteiger partial charge in [-0.05, 0) is 19.4 Å². The molecule has 1 fully saturated rings. The Hall–Kier alpha value is -1.93. The lowest BCUT2D eigenvalue weighted by Crippen LogP contribution is -2.36. The third kappa shape index (κ3) is 5.02. The Morgan fingerprint density at radius 1 is 1.28 bits per heavy atom. The van der Waals surface area contributed by atoms with Crippen LogP contribution < -0.4 is 5.32 Å². The summed E-state index contributed by atoms with van der Waals surface area (Å²) < 4.78 is 22.9. The Balaban J connectivity index is 1.61. The summed E-state index contributed by atoms with van der Waals surface area (Å²) in [5, 5.41) is 3.31. The zero-order valence-electron chi connectivity index (χ0n) is 13.8. The smallest absolute Gasteiger partial charge is 0.230 e. The van der Waals surface area contributed by atoms with Crippen molar-refractivity contribution in [1.29, 1.82) is 0 Å². The molecule has 0 spiro atoms. The minimum absolute atomic E-state index is 0.0303. The van der Waals surface area contributed by atoms with Gasteiger partial charge in [-0.25, -0.2) is 18.4 Å². The number of nitrogens with zero attached hydrogens (tertiary/aromatic N) is 2. The van der Waals surface area contributed by atoms with Crippen molar-refractivity contribution in [2.45, 2.75) is 24.5 Å². The zero-order chi connectivity index (χ0) is 17.9. The second-order valence-electron chi connectivity index (χ2n) is 6.00. The number of hydrogen-bond acceptors (Lipinski definition) is 6. The average molecular weight is 377 g/mol. The number of aryl methyl sites for hydroxylation is 1. The summed E-state index contributed by atoms with van der Waals surface area (Å²) >= 11 is 1.25. The summed E-state index contributed by atoms with van der Waals surface area (Å²) in [6, 6.07) is 11.4. The summed E-state index contributed by atoms with van der Waals surface area (Å²) in [4.78, 5) is 20.9. The van der Waals surface area contributed by atoms with Crippen molar-refractivity contribution >= 4 is 27.5 Å². The van der Waals surface area contributed by atoms with Gasteiger partial charge in [-0.2, -0.15) is 0 Å². The van der Waals surface area contributed by atoms with Crippen LogP contribution in [0.25, 0.3) is 11.3 Å². The molecule has 0 saturated carbocycles. The Bertz CT molecular complexity index is 870. The summed E-state index contributed by atoms with van der Waals surface area (Å²) in [5.41, 5.74) is 2.65. The fraction of sp³-hybridized carbons (Fsp3) is 0.353. The fourth-order valence-corrected chi connectivity index (χ4v) is 5.06.